The molecule has 0 spiro atoms. The molecule has 2 rings (SSSR count). The molecule has 1 atom stereocenters. The first kappa shape index (κ1) is 15.0. The van der Waals surface area contributed by atoms with Crippen molar-refractivity contribution in [1.29, 1.82) is 0 Å². The molecule has 2 aromatic rings. The van der Waals surface area contributed by atoms with E-state index in [9.17, 15) is 5.11 Å². The van der Waals surface area contributed by atoms with Crippen LogP contribution in [0.25, 0.3) is 0 Å². The summed E-state index contributed by atoms with van der Waals surface area (Å²) >= 11 is 8.48. The van der Waals surface area contributed by atoms with E-state index >= 15 is 0 Å². The highest BCUT2D eigenvalue weighted by Crippen LogP contribution is 2.23. The Hall–Kier alpha value is -0.360. The Bertz CT molecular complexity index is 550. The van der Waals surface area contributed by atoms with Crippen LogP contribution in [0.15, 0.2) is 56.6 Å². The Labute approximate surface area is 133 Å². The van der Waals surface area contributed by atoms with E-state index in [0.717, 1.165) is 19.4 Å². The summed E-state index contributed by atoms with van der Waals surface area (Å²) < 4.78 is 2.00. The number of thioether (sulfide) groups is 1. The number of aromatic nitrogens is 1. The van der Waals surface area contributed by atoms with Crippen LogP contribution in [0.3, 0.4) is 0 Å². The highest BCUT2D eigenvalue weighted by atomic mass is 79.9. The van der Waals surface area contributed by atoms with Gasteiger partial charge in [0, 0.05) is 38.4 Å². The van der Waals surface area contributed by atoms with Crippen LogP contribution in [0.5, 0.6) is 0 Å². The van der Waals surface area contributed by atoms with Gasteiger partial charge in [0.15, 0.2) is 0 Å². The quantitative estimate of drug-likeness (QED) is 0.756. The molecule has 5 heteroatoms. The van der Waals surface area contributed by atoms with Gasteiger partial charge in [-0.15, -0.1) is 11.8 Å². The van der Waals surface area contributed by atoms with Gasteiger partial charge in [0.1, 0.15) is 0 Å². The summed E-state index contributed by atoms with van der Waals surface area (Å²) in [7, 11) is 0. The Morgan fingerprint density at radius 1 is 1.16 bits per heavy atom. The molecule has 19 heavy (non-hydrogen) atoms. The van der Waals surface area contributed by atoms with Crippen LogP contribution in [0.1, 0.15) is 5.56 Å². The first-order chi connectivity index (χ1) is 9.13. The van der Waals surface area contributed by atoms with Crippen LogP contribution in [-0.4, -0.2) is 21.9 Å². The smallest absolute Gasteiger partial charge is 0.0674 e. The molecule has 0 fully saturated rings. The number of benzene rings is 1. The zero-order valence-corrected chi connectivity index (χ0v) is 14.1. The normalized spacial score (nSPS) is 12.4. The molecule has 1 aromatic carbocycles. The molecular formula is C14H13Br2NOS. The SMILES string of the molecule is OC(CSc1cccc(Br)c1)Cc1cncc(Br)c1. The largest absolute Gasteiger partial charge is 0.392 e. The molecule has 2 nitrogen and oxygen atoms in total. The van der Waals surface area contributed by atoms with Crippen molar-refractivity contribution in [2.24, 2.45) is 0 Å². The first-order valence-electron chi connectivity index (χ1n) is 5.79. The number of pyridine rings is 1. The van der Waals surface area contributed by atoms with Gasteiger partial charge in [0.2, 0.25) is 0 Å². The van der Waals surface area contributed by atoms with Crippen LogP contribution < -0.4 is 0 Å². The van der Waals surface area contributed by atoms with Gasteiger partial charge in [0.25, 0.3) is 0 Å². The van der Waals surface area contributed by atoms with E-state index < -0.39 is 0 Å². The van der Waals surface area contributed by atoms with Gasteiger partial charge in [0.05, 0.1) is 6.10 Å². The lowest BCUT2D eigenvalue weighted by Gasteiger charge is -2.10. The molecule has 0 aliphatic rings. The van der Waals surface area contributed by atoms with E-state index in [1.807, 2.05) is 24.3 Å². The maximum absolute atomic E-state index is 10.0. The number of nitrogens with zero attached hydrogens (tertiary/aromatic N) is 1. The average Bonchev–Trinajstić information content (AvgIpc) is 2.36. The molecule has 1 heterocycles. The fraction of sp³-hybridized carbons (Fsp3) is 0.214. The molecule has 0 saturated carbocycles. The van der Waals surface area contributed by atoms with Gasteiger partial charge in [-0.25, -0.2) is 0 Å². The van der Waals surface area contributed by atoms with Gasteiger partial charge >= 0.3 is 0 Å². The summed E-state index contributed by atoms with van der Waals surface area (Å²) in [5.74, 6) is 0.670. The lowest BCUT2D eigenvalue weighted by molar-refractivity contribution is 0.200. The summed E-state index contributed by atoms with van der Waals surface area (Å²) in [5.41, 5.74) is 1.04. The van der Waals surface area contributed by atoms with E-state index in [-0.39, 0.29) is 6.10 Å². The zero-order chi connectivity index (χ0) is 13.7. The highest BCUT2D eigenvalue weighted by molar-refractivity contribution is 9.10. The van der Waals surface area contributed by atoms with Crippen molar-refractivity contribution in [3.05, 3.63) is 57.2 Å². The summed E-state index contributed by atoms with van der Waals surface area (Å²) in [6, 6.07) is 10.1. The standard InChI is InChI=1S/C14H13Br2NOS/c15-11-2-1-3-14(6-11)19-9-13(18)5-10-4-12(16)8-17-7-10/h1-4,6-8,13,18H,5,9H2. The van der Waals surface area contributed by atoms with Crippen molar-refractivity contribution in [1.82, 2.24) is 4.98 Å². The number of aliphatic hydroxyl groups excluding tert-OH is 1. The van der Waals surface area contributed by atoms with Crippen molar-refractivity contribution >= 4 is 43.6 Å². The van der Waals surface area contributed by atoms with E-state index in [1.54, 1.807) is 24.2 Å². The fourth-order valence-electron chi connectivity index (χ4n) is 1.65. The monoisotopic (exact) mass is 401 g/mol. The van der Waals surface area contributed by atoms with Crippen molar-refractivity contribution in [3.63, 3.8) is 0 Å². The van der Waals surface area contributed by atoms with E-state index in [4.69, 9.17) is 0 Å². The van der Waals surface area contributed by atoms with Crippen LogP contribution in [0, 0.1) is 0 Å². The van der Waals surface area contributed by atoms with Crippen molar-refractivity contribution in [2.45, 2.75) is 17.4 Å². The number of halogens is 2. The Balaban J connectivity index is 1.86. The maximum Gasteiger partial charge on any atom is 0.0674 e. The first-order valence-corrected chi connectivity index (χ1v) is 8.36. The van der Waals surface area contributed by atoms with Gasteiger partial charge in [-0.05, 0) is 45.8 Å². The minimum absolute atomic E-state index is 0.375. The second-order valence-corrected chi connectivity index (χ2v) is 7.06. The third kappa shape index (κ3) is 5.26. The predicted octanol–water partition coefficient (Wildman–Crippen LogP) is 4.30. The second kappa shape index (κ2) is 7.43. The number of hydrogen-bond acceptors (Lipinski definition) is 3. The lowest BCUT2D eigenvalue weighted by atomic mass is 10.1. The summed E-state index contributed by atoms with van der Waals surface area (Å²) in [6.45, 7) is 0. The van der Waals surface area contributed by atoms with Gasteiger partial charge in [-0.1, -0.05) is 22.0 Å². The predicted molar refractivity (Wildman–Crippen MR) is 86.5 cm³/mol. The molecule has 1 N–H and O–H groups in total. The van der Waals surface area contributed by atoms with Gasteiger partial charge < -0.3 is 5.11 Å². The number of hydrogen-bond donors (Lipinski definition) is 1. The third-order valence-electron chi connectivity index (χ3n) is 2.47. The molecule has 0 aliphatic carbocycles. The minimum atomic E-state index is -0.375. The molecule has 0 radical (unpaired) electrons. The zero-order valence-electron chi connectivity index (χ0n) is 10.1. The summed E-state index contributed by atoms with van der Waals surface area (Å²) in [6.07, 6.45) is 3.78. The lowest BCUT2D eigenvalue weighted by Crippen LogP contribution is -2.13. The van der Waals surface area contributed by atoms with E-state index in [2.05, 4.69) is 42.9 Å². The molecule has 1 unspecified atom stereocenters. The molecule has 0 amide bonds. The number of aliphatic hydroxyl groups is 1. The molecule has 100 valence electrons. The third-order valence-corrected chi connectivity index (χ3v) is 4.54. The minimum Gasteiger partial charge on any atom is -0.392 e. The van der Waals surface area contributed by atoms with Crippen molar-refractivity contribution < 1.29 is 5.11 Å². The average molecular weight is 403 g/mol. The van der Waals surface area contributed by atoms with Crippen LogP contribution >= 0.6 is 43.6 Å². The molecule has 0 saturated heterocycles. The van der Waals surface area contributed by atoms with Crippen LogP contribution in [0.2, 0.25) is 0 Å². The second-order valence-electron chi connectivity index (χ2n) is 4.14. The maximum atomic E-state index is 10.0. The molecule has 1 aromatic heterocycles. The topological polar surface area (TPSA) is 33.1 Å². The fourth-order valence-corrected chi connectivity index (χ4v) is 3.50. The summed E-state index contributed by atoms with van der Waals surface area (Å²) in [4.78, 5) is 5.25. The van der Waals surface area contributed by atoms with Crippen molar-refractivity contribution in [2.75, 3.05) is 5.75 Å². The number of rotatable bonds is 5. The van der Waals surface area contributed by atoms with Gasteiger partial charge in [-0.3, -0.25) is 4.98 Å². The van der Waals surface area contributed by atoms with E-state index in [0.29, 0.717) is 12.2 Å². The summed E-state index contributed by atoms with van der Waals surface area (Å²) in [5, 5.41) is 10.0. The highest BCUT2D eigenvalue weighted by Gasteiger charge is 2.07. The van der Waals surface area contributed by atoms with Crippen LogP contribution in [-0.2, 0) is 6.42 Å². The Morgan fingerprint density at radius 2 is 2.00 bits per heavy atom. The molecule has 0 aliphatic heterocycles. The van der Waals surface area contributed by atoms with Gasteiger partial charge in [-0.2, -0.15) is 0 Å². The molecule has 0 bridgehead atoms. The molecular weight excluding hydrogens is 390 g/mol. The van der Waals surface area contributed by atoms with E-state index in [1.165, 1.54) is 0 Å². The Morgan fingerprint density at radius 3 is 2.74 bits per heavy atom. The van der Waals surface area contributed by atoms with Crippen molar-refractivity contribution in [3.8, 4) is 0 Å². The Kier molecular flexibility index (Phi) is 5.88. The van der Waals surface area contributed by atoms with Crippen LogP contribution in [0.4, 0.5) is 0 Å².